The van der Waals surface area contributed by atoms with Crippen molar-refractivity contribution in [2.75, 3.05) is 18.8 Å². The molecule has 1 aliphatic rings. The van der Waals surface area contributed by atoms with E-state index in [1.54, 1.807) is 40.9 Å². The maximum absolute atomic E-state index is 13.8. The van der Waals surface area contributed by atoms with Crippen LogP contribution in [0.4, 0.5) is 0 Å². The standard InChI is InChI=1S/C30H33ClN2O3S/c1-3-18-32(19-4-2)29(35)27-21-37-30(33(27)28(34)23-10-14-25(31)15-11-23)24-12-16-26(17-13-24)36-20-22-8-6-5-7-9-22/h5-17,27,30H,3-4,18-21H2,1-2H3. The van der Waals surface area contributed by atoms with E-state index in [4.69, 9.17) is 16.3 Å². The van der Waals surface area contributed by atoms with Crippen molar-refractivity contribution in [3.8, 4) is 5.75 Å². The van der Waals surface area contributed by atoms with Gasteiger partial charge in [-0.25, -0.2) is 0 Å². The average molecular weight is 537 g/mol. The lowest BCUT2D eigenvalue weighted by Gasteiger charge is -2.32. The molecule has 2 unspecified atom stereocenters. The largest absolute Gasteiger partial charge is 0.489 e. The fourth-order valence-corrected chi connectivity index (χ4v) is 6.04. The fourth-order valence-electron chi connectivity index (χ4n) is 4.50. The van der Waals surface area contributed by atoms with Crippen LogP contribution in [0, 0.1) is 0 Å². The Morgan fingerprint density at radius 2 is 1.59 bits per heavy atom. The highest BCUT2D eigenvalue weighted by Gasteiger charge is 2.43. The lowest BCUT2D eigenvalue weighted by Crippen LogP contribution is -2.50. The van der Waals surface area contributed by atoms with Crippen LogP contribution in [-0.4, -0.2) is 46.5 Å². The van der Waals surface area contributed by atoms with Gasteiger partial charge in [0, 0.05) is 29.4 Å². The van der Waals surface area contributed by atoms with Crippen LogP contribution in [0.5, 0.6) is 5.75 Å². The Morgan fingerprint density at radius 3 is 2.22 bits per heavy atom. The van der Waals surface area contributed by atoms with E-state index in [9.17, 15) is 9.59 Å². The first-order valence-corrected chi connectivity index (χ1v) is 14.2. The maximum atomic E-state index is 13.8. The van der Waals surface area contributed by atoms with E-state index >= 15 is 0 Å². The third-order valence-corrected chi connectivity index (χ3v) is 7.90. The van der Waals surface area contributed by atoms with Gasteiger partial charge in [0.1, 0.15) is 23.8 Å². The van der Waals surface area contributed by atoms with Gasteiger partial charge in [-0.05, 0) is 60.4 Å². The molecule has 0 aromatic heterocycles. The fraction of sp³-hybridized carbons (Fsp3) is 0.333. The molecule has 1 aliphatic heterocycles. The second-order valence-corrected chi connectivity index (χ2v) is 10.6. The van der Waals surface area contributed by atoms with Crippen LogP contribution in [0.15, 0.2) is 78.9 Å². The summed E-state index contributed by atoms with van der Waals surface area (Å²) < 4.78 is 5.95. The summed E-state index contributed by atoms with van der Waals surface area (Å²) in [6.45, 7) is 6.01. The van der Waals surface area contributed by atoms with Crippen LogP contribution >= 0.6 is 23.4 Å². The second-order valence-electron chi connectivity index (χ2n) is 9.09. The Bertz CT molecular complexity index is 1170. The van der Waals surface area contributed by atoms with Crippen LogP contribution in [0.25, 0.3) is 0 Å². The van der Waals surface area contributed by atoms with Crippen LogP contribution < -0.4 is 4.74 Å². The second kappa shape index (κ2) is 13.0. The minimum Gasteiger partial charge on any atom is -0.489 e. The van der Waals surface area contributed by atoms with E-state index in [-0.39, 0.29) is 17.2 Å². The van der Waals surface area contributed by atoms with Crippen molar-refractivity contribution in [3.63, 3.8) is 0 Å². The van der Waals surface area contributed by atoms with Gasteiger partial charge in [-0.15, -0.1) is 11.8 Å². The SMILES string of the molecule is CCCN(CCC)C(=O)C1CSC(c2ccc(OCc3ccccc3)cc2)N1C(=O)c1ccc(Cl)cc1. The molecule has 194 valence electrons. The number of carbonyl (C=O) groups excluding carboxylic acids is 2. The van der Waals surface area contributed by atoms with E-state index in [1.165, 1.54) is 0 Å². The molecule has 7 heteroatoms. The molecular weight excluding hydrogens is 504 g/mol. The first-order valence-electron chi connectivity index (χ1n) is 12.8. The quantitative estimate of drug-likeness (QED) is 0.285. The highest BCUT2D eigenvalue weighted by Crippen LogP contribution is 2.43. The van der Waals surface area contributed by atoms with Crippen LogP contribution in [0.3, 0.4) is 0 Å². The molecule has 1 saturated heterocycles. The maximum Gasteiger partial charge on any atom is 0.255 e. The van der Waals surface area contributed by atoms with Crippen molar-refractivity contribution in [1.29, 1.82) is 0 Å². The van der Waals surface area contributed by atoms with Gasteiger partial charge in [0.05, 0.1) is 0 Å². The van der Waals surface area contributed by atoms with Gasteiger partial charge < -0.3 is 14.5 Å². The molecule has 0 aliphatic carbocycles. The first-order chi connectivity index (χ1) is 18.0. The lowest BCUT2D eigenvalue weighted by molar-refractivity contribution is -0.135. The highest BCUT2D eigenvalue weighted by atomic mass is 35.5. The van der Waals surface area contributed by atoms with Gasteiger partial charge >= 0.3 is 0 Å². The van der Waals surface area contributed by atoms with Crippen molar-refractivity contribution in [3.05, 3.63) is 101 Å². The predicted molar refractivity (Wildman–Crippen MR) is 151 cm³/mol. The van der Waals surface area contributed by atoms with Crippen molar-refractivity contribution >= 4 is 35.2 Å². The van der Waals surface area contributed by atoms with Gasteiger partial charge in [-0.3, -0.25) is 9.59 Å². The summed E-state index contributed by atoms with van der Waals surface area (Å²) >= 11 is 7.70. The van der Waals surface area contributed by atoms with Gasteiger partial charge in [-0.1, -0.05) is 67.9 Å². The lowest BCUT2D eigenvalue weighted by atomic mass is 10.1. The zero-order valence-corrected chi connectivity index (χ0v) is 22.9. The summed E-state index contributed by atoms with van der Waals surface area (Å²) in [6.07, 6.45) is 1.76. The van der Waals surface area contributed by atoms with Crippen LogP contribution in [0.1, 0.15) is 53.5 Å². The number of hydrogen-bond acceptors (Lipinski definition) is 4. The molecule has 0 radical (unpaired) electrons. The number of halogens is 1. The number of ether oxygens (including phenoxy) is 1. The molecule has 2 atom stereocenters. The van der Waals surface area contributed by atoms with Gasteiger partial charge in [0.25, 0.3) is 5.91 Å². The minimum absolute atomic E-state index is 0.0174. The Morgan fingerprint density at radius 1 is 0.946 bits per heavy atom. The van der Waals surface area contributed by atoms with Crippen LogP contribution in [0.2, 0.25) is 5.02 Å². The Balaban J connectivity index is 1.58. The first kappa shape index (κ1) is 27.1. The molecule has 0 spiro atoms. The molecule has 1 heterocycles. The van der Waals surface area contributed by atoms with Crippen molar-refractivity contribution in [1.82, 2.24) is 9.80 Å². The third-order valence-electron chi connectivity index (χ3n) is 6.32. The summed E-state index contributed by atoms with van der Waals surface area (Å²) in [7, 11) is 0. The summed E-state index contributed by atoms with van der Waals surface area (Å²) in [5.41, 5.74) is 2.59. The normalized spacial score (nSPS) is 17.0. The van der Waals surface area contributed by atoms with E-state index < -0.39 is 6.04 Å². The summed E-state index contributed by atoms with van der Waals surface area (Å²) in [5, 5.41) is 0.296. The van der Waals surface area contributed by atoms with Gasteiger partial charge in [0.15, 0.2) is 0 Å². The topological polar surface area (TPSA) is 49.9 Å². The van der Waals surface area contributed by atoms with Crippen molar-refractivity contribution in [2.45, 2.75) is 44.7 Å². The van der Waals surface area contributed by atoms with Crippen molar-refractivity contribution in [2.24, 2.45) is 0 Å². The molecule has 0 bridgehead atoms. The highest BCUT2D eigenvalue weighted by molar-refractivity contribution is 7.99. The number of amides is 2. The minimum atomic E-state index is -0.523. The molecule has 5 nitrogen and oxygen atoms in total. The molecule has 3 aromatic carbocycles. The van der Waals surface area contributed by atoms with E-state index in [0.29, 0.717) is 36.0 Å². The van der Waals surface area contributed by atoms with E-state index in [0.717, 1.165) is 29.7 Å². The summed E-state index contributed by atoms with van der Waals surface area (Å²) in [6, 6.07) is 24.2. The van der Waals surface area contributed by atoms with E-state index in [1.807, 2.05) is 59.5 Å². The molecule has 1 fully saturated rings. The Kier molecular flexibility index (Phi) is 9.53. The van der Waals surface area contributed by atoms with E-state index in [2.05, 4.69) is 13.8 Å². The number of rotatable bonds is 10. The molecule has 4 rings (SSSR count). The Labute approximate surface area is 228 Å². The van der Waals surface area contributed by atoms with Gasteiger partial charge in [-0.2, -0.15) is 0 Å². The molecule has 2 amide bonds. The molecular formula is C30H33ClN2O3S. The zero-order chi connectivity index (χ0) is 26.2. The number of benzene rings is 3. The van der Waals surface area contributed by atoms with Crippen LogP contribution in [-0.2, 0) is 11.4 Å². The average Bonchev–Trinajstić information content (AvgIpc) is 3.37. The zero-order valence-electron chi connectivity index (χ0n) is 21.3. The van der Waals surface area contributed by atoms with Gasteiger partial charge in [0.2, 0.25) is 5.91 Å². The molecule has 3 aromatic rings. The number of thioether (sulfide) groups is 1. The third kappa shape index (κ3) is 6.68. The Hall–Kier alpha value is -2.96. The predicted octanol–water partition coefficient (Wildman–Crippen LogP) is 6.82. The summed E-state index contributed by atoms with van der Waals surface area (Å²) in [4.78, 5) is 31.1. The smallest absolute Gasteiger partial charge is 0.255 e. The summed E-state index contributed by atoms with van der Waals surface area (Å²) in [5.74, 6) is 1.17. The number of hydrogen-bond donors (Lipinski definition) is 0. The number of carbonyl (C=O) groups is 2. The molecule has 0 saturated carbocycles. The monoisotopic (exact) mass is 536 g/mol. The number of nitrogens with zero attached hydrogens (tertiary/aromatic N) is 2. The molecule has 37 heavy (non-hydrogen) atoms. The van der Waals surface area contributed by atoms with Crippen molar-refractivity contribution < 1.29 is 14.3 Å². The molecule has 0 N–H and O–H groups in total.